The molecule has 0 aromatic carbocycles. The van der Waals surface area contributed by atoms with E-state index in [1.807, 2.05) is 23.9 Å². The zero-order valence-corrected chi connectivity index (χ0v) is 11.4. The molecule has 0 radical (unpaired) electrons. The van der Waals surface area contributed by atoms with Crippen LogP contribution in [0.1, 0.15) is 24.5 Å². The van der Waals surface area contributed by atoms with Crippen LogP contribution in [0.4, 0.5) is 5.69 Å². The highest BCUT2D eigenvalue weighted by Crippen LogP contribution is 2.23. The van der Waals surface area contributed by atoms with Crippen LogP contribution < -0.4 is 5.32 Å². The quantitative estimate of drug-likeness (QED) is 0.843. The van der Waals surface area contributed by atoms with Crippen LogP contribution in [0.15, 0.2) is 24.7 Å². The fourth-order valence-corrected chi connectivity index (χ4v) is 2.05. The number of nitrogens with zero attached hydrogens (tertiary/aromatic N) is 3. The lowest BCUT2D eigenvalue weighted by atomic mass is 10.2. The van der Waals surface area contributed by atoms with E-state index < -0.39 is 0 Å². The zero-order chi connectivity index (χ0) is 13.0. The van der Waals surface area contributed by atoms with Crippen LogP contribution in [0.3, 0.4) is 0 Å². The summed E-state index contributed by atoms with van der Waals surface area (Å²) >= 11 is 6.06. The Morgan fingerprint density at radius 1 is 1.44 bits per heavy atom. The van der Waals surface area contributed by atoms with E-state index in [1.165, 1.54) is 0 Å². The van der Waals surface area contributed by atoms with Gasteiger partial charge in [0.2, 0.25) is 0 Å². The zero-order valence-electron chi connectivity index (χ0n) is 10.7. The van der Waals surface area contributed by atoms with Gasteiger partial charge in [0.15, 0.2) is 5.15 Å². The van der Waals surface area contributed by atoms with Gasteiger partial charge in [-0.05, 0) is 25.0 Å². The summed E-state index contributed by atoms with van der Waals surface area (Å²) in [5.41, 5.74) is 3.13. The lowest BCUT2D eigenvalue weighted by molar-refractivity contribution is 0.602. The third-order valence-electron chi connectivity index (χ3n) is 2.72. The number of aryl methyl sites for hydroxylation is 2. The van der Waals surface area contributed by atoms with Crippen molar-refractivity contribution in [1.29, 1.82) is 0 Å². The van der Waals surface area contributed by atoms with Crippen molar-refractivity contribution < 1.29 is 0 Å². The smallest absolute Gasteiger partial charge is 0.152 e. The first-order valence-electron chi connectivity index (χ1n) is 6.07. The van der Waals surface area contributed by atoms with Crippen LogP contribution in [-0.2, 0) is 13.1 Å². The molecule has 0 aliphatic heterocycles. The summed E-state index contributed by atoms with van der Waals surface area (Å²) in [6, 6.07) is 1.94. The van der Waals surface area contributed by atoms with Gasteiger partial charge in [0.1, 0.15) is 0 Å². The van der Waals surface area contributed by atoms with Gasteiger partial charge < -0.3 is 5.32 Å². The Bertz CT molecular complexity index is 501. The van der Waals surface area contributed by atoms with Crippen LogP contribution >= 0.6 is 11.6 Å². The second-order valence-corrected chi connectivity index (χ2v) is 4.62. The molecule has 0 saturated carbocycles. The Hall–Kier alpha value is -1.55. The molecular weight excluding hydrogens is 248 g/mol. The van der Waals surface area contributed by atoms with Crippen molar-refractivity contribution in [3.63, 3.8) is 0 Å². The molecule has 0 bridgehead atoms. The highest BCUT2D eigenvalue weighted by molar-refractivity contribution is 6.32. The van der Waals surface area contributed by atoms with E-state index in [2.05, 4.69) is 28.5 Å². The maximum absolute atomic E-state index is 6.06. The van der Waals surface area contributed by atoms with E-state index >= 15 is 0 Å². The summed E-state index contributed by atoms with van der Waals surface area (Å²) in [5.74, 6) is 0. The lowest BCUT2D eigenvalue weighted by Gasteiger charge is -2.09. The second-order valence-electron chi connectivity index (χ2n) is 4.26. The van der Waals surface area contributed by atoms with Crippen molar-refractivity contribution in [2.75, 3.05) is 5.32 Å². The largest absolute Gasteiger partial charge is 0.378 e. The molecule has 0 aliphatic carbocycles. The van der Waals surface area contributed by atoms with Gasteiger partial charge in [-0.15, -0.1) is 0 Å². The first-order valence-corrected chi connectivity index (χ1v) is 6.44. The molecule has 5 heteroatoms. The first kappa shape index (κ1) is 12.9. The van der Waals surface area contributed by atoms with Crippen molar-refractivity contribution in [3.05, 3.63) is 40.9 Å². The molecule has 2 aromatic rings. The van der Waals surface area contributed by atoms with E-state index in [0.717, 1.165) is 29.8 Å². The summed E-state index contributed by atoms with van der Waals surface area (Å²) < 4.78 is 1.95. The average molecular weight is 265 g/mol. The van der Waals surface area contributed by atoms with Gasteiger partial charge in [0.05, 0.1) is 11.9 Å². The summed E-state index contributed by atoms with van der Waals surface area (Å²) in [6.45, 7) is 5.80. The summed E-state index contributed by atoms with van der Waals surface area (Å²) in [7, 11) is 0. The number of nitrogens with one attached hydrogen (secondary N) is 1. The van der Waals surface area contributed by atoms with Gasteiger partial charge in [-0.3, -0.25) is 4.68 Å². The highest BCUT2D eigenvalue weighted by atomic mass is 35.5. The Balaban J connectivity index is 2.02. The number of pyridine rings is 1. The van der Waals surface area contributed by atoms with E-state index in [0.29, 0.717) is 11.7 Å². The third kappa shape index (κ3) is 3.01. The Morgan fingerprint density at radius 3 is 3.00 bits per heavy atom. The number of hydrogen-bond donors (Lipinski definition) is 1. The molecule has 1 N–H and O–H groups in total. The molecule has 18 heavy (non-hydrogen) atoms. The number of rotatable bonds is 5. The van der Waals surface area contributed by atoms with Crippen molar-refractivity contribution >= 4 is 17.3 Å². The average Bonchev–Trinajstić information content (AvgIpc) is 2.77. The fraction of sp³-hybridized carbons (Fsp3) is 0.385. The molecule has 0 atom stereocenters. The minimum absolute atomic E-state index is 0.510. The molecule has 0 fully saturated rings. The van der Waals surface area contributed by atoms with Crippen molar-refractivity contribution in [2.45, 2.75) is 33.4 Å². The molecule has 0 unspecified atom stereocenters. The maximum Gasteiger partial charge on any atom is 0.152 e. The molecule has 4 nitrogen and oxygen atoms in total. The minimum atomic E-state index is 0.510. The second kappa shape index (κ2) is 5.87. The van der Waals surface area contributed by atoms with Gasteiger partial charge in [-0.25, -0.2) is 4.98 Å². The van der Waals surface area contributed by atoms with E-state index in [-0.39, 0.29) is 0 Å². The van der Waals surface area contributed by atoms with Crippen molar-refractivity contribution in [2.24, 2.45) is 0 Å². The molecule has 0 aliphatic rings. The van der Waals surface area contributed by atoms with Gasteiger partial charge in [0.25, 0.3) is 0 Å². The number of anilines is 1. The van der Waals surface area contributed by atoms with Gasteiger partial charge >= 0.3 is 0 Å². The van der Waals surface area contributed by atoms with Crippen LogP contribution in [-0.4, -0.2) is 14.8 Å². The van der Waals surface area contributed by atoms with Gasteiger partial charge in [-0.2, -0.15) is 5.10 Å². The summed E-state index contributed by atoms with van der Waals surface area (Å²) in [6.07, 6.45) is 6.72. The van der Waals surface area contributed by atoms with Crippen LogP contribution in [0, 0.1) is 6.92 Å². The van der Waals surface area contributed by atoms with E-state index in [4.69, 9.17) is 11.6 Å². The normalized spacial score (nSPS) is 10.6. The number of aromatic nitrogens is 3. The highest BCUT2D eigenvalue weighted by Gasteiger charge is 2.05. The van der Waals surface area contributed by atoms with Crippen LogP contribution in [0.5, 0.6) is 0 Å². The predicted molar refractivity (Wildman–Crippen MR) is 73.8 cm³/mol. The third-order valence-corrected chi connectivity index (χ3v) is 3.01. The summed E-state index contributed by atoms with van der Waals surface area (Å²) in [5, 5.41) is 8.11. The molecule has 2 rings (SSSR count). The van der Waals surface area contributed by atoms with Gasteiger partial charge in [-0.1, -0.05) is 18.5 Å². The SMILES string of the molecule is CCCn1cc(CNc2c(C)ccnc2Cl)cn1. The number of hydrogen-bond acceptors (Lipinski definition) is 3. The Morgan fingerprint density at radius 2 is 2.28 bits per heavy atom. The Labute approximate surface area is 112 Å². The fourth-order valence-electron chi connectivity index (χ4n) is 1.78. The molecule has 0 spiro atoms. The minimum Gasteiger partial charge on any atom is -0.378 e. The monoisotopic (exact) mass is 264 g/mol. The molecular formula is C13H17ClN4. The van der Waals surface area contributed by atoms with Crippen LogP contribution in [0.2, 0.25) is 5.15 Å². The Kier molecular flexibility index (Phi) is 4.20. The lowest BCUT2D eigenvalue weighted by Crippen LogP contribution is -2.02. The molecule has 2 heterocycles. The molecule has 0 amide bonds. The summed E-state index contributed by atoms with van der Waals surface area (Å²) in [4.78, 5) is 4.07. The number of halogens is 1. The van der Waals surface area contributed by atoms with Crippen molar-refractivity contribution in [1.82, 2.24) is 14.8 Å². The topological polar surface area (TPSA) is 42.7 Å². The molecule has 0 saturated heterocycles. The van der Waals surface area contributed by atoms with Gasteiger partial charge in [0, 0.05) is 31.0 Å². The predicted octanol–water partition coefficient (Wildman–Crippen LogP) is 3.26. The molecule has 2 aromatic heterocycles. The molecule has 96 valence electrons. The first-order chi connectivity index (χ1) is 8.70. The van der Waals surface area contributed by atoms with Crippen molar-refractivity contribution in [3.8, 4) is 0 Å². The van der Waals surface area contributed by atoms with E-state index in [9.17, 15) is 0 Å². The van der Waals surface area contributed by atoms with E-state index in [1.54, 1.807) is 6.20 Å². The van der Waals surface area contributed by atoms with Crippen LogP contribution in [0.25, 0.3) is 0 Å². The standard InChI is InChI=1S/C13H17ClN4/c1-3-6-18-9-11(8-17-18)7-16-12-10(2)4-5-15-13(12)14/h4-5,8-9,16H,3,6-7H2,1-2H3. The maximum atomic E-state index is 6.06.